The van der Waals surface area contributed by atoms with Crippen LogP contribution in [-0.4, -0.2) is 17.7 Å². The Morgan fingerprint density at radius 2 is 2.21 bits per heavy atom. The summed E-state index contributed by atoms with van der Waals surface area (Å²) < 4.78 is 43.4. The van der Waals surface area contributed by atoms with E-state index >= 15 is 0 Å². The highest BCUT2D eigenvalue weighted by atomic mass is 35.5. The molecular formula is C11H16ClNO. The third-order valence-electron chi connectivity index (χ3n) is 1.78. The molecule has 1 atom stereocenters. The van der Waals surface area contributed by atoms with Crippen LogP contribution in [0.5, 0.6) is 0 Å². The maximum absolute atomic E-state index is 9.97. The lowest BCUT2D eigenvalue weighted by Crippen LogP contribution is -2.27. The van der Waals surface area contributed by atoms with Crippen LogP contribution in [0, 0.1) is 0 Å². The van der Waals surface area contributed by atoms with E-state index in [0.29, 0.717) is 10.6 Å². The van der Waals surface area contributed by atoms with E-state index in [1.807, 2.05) is 0 Å². The van der Waals surface area contributed by atoms with Gasteiger partial charge in [0.15, 0.2) is 0 Å². The average molecular weight is 220 g/mol. The summed E-state index contributed by atoms with van der Waals surface area (Å²) in [6.07, 6.45) is -1.09. The van der Waals surface area contributed by atoms with Gasteiger partial charge in [0.2, 0.25) is 0 Å². The molecule has 14 heavy (non-hydrogen) atoms. The second-order valence-electron chi connectivity index (χ2n) is 2.88. The minimum Gasteiger partial charge on any atom is -0.387 e. The number of benzene rings is 1. The second kappa shape index (κ2) is 5.35. The Balaban J connectivity index is 2.76. The molecule has 78 valence electrons. The quantitative estimate of drug-likeness (QED) is 0.815. The van der Waals surface area contributed by atoms with Gasteiger partial charge in [0, 0.05) is 31.4 Å². The van der Waals surface area contributed by atoms with Gasteiger partial charge in [0.1, 0.15) is 0 Å². The SMILES string of the molecule is [2H]C([2H])([2H])C(NCC(O)c1ccccc1Cl)C([2H])([2H])[2H]. The van der Waals surface area contributed by atoms with E-state index in [1.165, 1.54) is 0 Å². The van der Waals surface area contributed by atoms with Gasteiger partial charge in [-0.05, 0) is 6.07 Å². The van der Waals surface area contributed by atoms with Gasteiger partial charge in [-0.25, -0.2) is 0 Å². The molecule has 0 fully saturated rings. The van der Waals surface area contributed by atoms with Crippen LogP contribution >= 0.6 is 11.6 Å². The summed E-state index contributed by atoms with van der Waals surface area (Å²) >= 11 is 5.90. The Labute approximate surface area is 98.3 Å². The molecule has 0 bridgehead atoms. The number of hydrogen-bond donors (Lipinski definition) is 2. The first-order chi connectivity index (χ1) is 9.03. The standard InChI is InChI=1S/C11H16ClNO/c1-8(2)13-7-11(14)9-5-3-4-6-10(9)12/h3-6,8,11,13-14H,7H2,1-2H3/i1D3,2D3. The molecule has 0 amide bonds. The summed E-state index contributed by atoms with van der Waals surface area (Å²) in [5, 5.41) is 12.7. The molecule has 1 unspecified atom stereocenters. The maximum atomic E-state index is 9.97. The Morgan fingerprint density at radius 3 is 2.86 bits per heavy atom. The maximum Gasteiger partial charge on any atom is 0.0928 e. The Hall–Kier alpha value is -0.570. The smallest absolute Gasteiger partial charge is 0.0928 e. The topological polar surface area (TPSA) is 32.3 Å². The van der Waals surface area contributed by atoms with Gasteiger partial charge in [0.25, 0.3) is 0 Å². The van der Waals surface area contributed by atoms with Gasteiger partial charge in [-0.2, -0.15) is 0 Å². The van der Waals surface area contributed by atoms with E-state index < -0.39 is 25.8 Å². The van der Waals surface area contributed by atoms with E-state index in [2.05, 4.69) is 5.32 Å². The van der Waals surface area contributed by atoms with Crippen LogP contribution in [0.3, 0.4) is 0 Å². The molecule has 1 aromatic rings. The number of aliphatic hydroxyl groups excluding tert-OH is 1. The van der Waals surface area contributed by atoms with Crippen LogP contribution in [0.2, 0.25) is 5.02 Å². The zero-order valence-electron chi connectivity index (χ0n) is 13.5. The van der Waals surface area contributed by atoms with Crippen molar-refractivity contribution in [2.75, 3.05) is 6.54 Å². The molecule has 0 aliphatic heterocycles. The van der Waals surface area contributed by atoms with E-state index in [0.717, 1.165) is 0 Å². The van der Waals surface area contributed by atoms with Crippen molar-refractivity contribution < 1.29 is 13.3 Å². The number of aliphatic hydroxyl groups is 1. The van der Waals surface area contributed by atoms with Crippen LogP contribution < -0.4 is 5.32 Å². The lowest BCUT2D eigenvalue weighted by atomic mass is 10.1. The van der Waals surface area contributed by atoms with Gasteiger partial charge in [-0.3, -0.25) is 0 Å². The fourth-order valence-corrected chi connectivity index (χ4v) is 1.35. The van der Waals surface area contributed by atoms with Crippen molar-refractivity contribution in [2.24, 2.45) is 0 Å². The highest BCUT2D eigenvalue weighted by Gasteiger charge is 2.10. The van der Waals surface area contributed by atoms with E-state index in [4.69, 9.17) is 19.8 Å². The Bertz CT molecular complexity index is 433. The van der Waals surface area contributed by atoms with Crippen LogP contribution in [0.15, 0.2) is 24.3 Å². The van der Waals surface area contributed by atoms with E-state index in [-0.39, 0.29) is 6.54 Å². The normalized spacial score (nSPS) is 21.4. The van der Waals surface area contributed by atoms with Crippen molar-refractivity contribution in [3.63, 3.8) is 0 Å². The molecule has 0 aliphatic rings. The summed E-state index contributed by atoms with van der Waals surface area (Å²) in [7, 11) is 0. The average Bonchev–Trinajstić information content (AvgIpc) is 2.25. The zero-order valence-corrected chi connectivity index (χ0v) is 8.25. The largest absolute Gasteiger partial charge is 0.387 e. The molecule has 0 aliphatic carbocycles. The van der Waals surface area contributed by atoms with Crippen LogP contribution in [-0.2, 0) is 0 Å². The van der Waals surface area contributed by atoms with Crippen molar-refractivity contribution >= 4 is 11.6 Å². The van der Waals surface area contributed by atoms with Crippen molar-refractivity contribution in [3.05, 3.63) is 34.9 Å². The molecule has 3 heteroatoms. The van der Waals surface area contributed by atoms with Crippen molar-refractivity contribution in [2.45, 2.75) is 25.8 Å². The van der Waals surface area contributed by atoms with Gasteiger partial charge >= 0.3 is 0 Å². The molecule has 2 nitrogen and oxygen atoms in total. The number of hydrogen-bond acceptors (Lipinski definition) is 2. The van der Waals surface area contributed by atoms with E-state index in [1.54, 1.807) is 24.3 Å². The molecular weight excluding hydrogens is 198 g/mol. The highest BCUT2D eigenvalue weighted by Crippen LogP contribution is 2.21. The van der Waals surface area contributed by atoms with Gasteiger partial charge in [0.05, 0.1) is 6.10 Å². The monoisotopic (exact) mass is 219 g/mol. The lowest BCUT2D eigenvalue weighted by molar-refractivity contribution is 0.171. The Kier molecular flexibility index (Phi) is 2.10. The number of nitrogens with one attached hydrogen (secondary N) is 1. The van der Waals surface area contributed by atoms with Crippen molar-refractivity contribution in [3.8, 4) is 0 Å². The summed E-state index contributed by atoms with van der Waals surface area (Å²) in [6, 6.07) is 4.85. The molecule has 0 saturated carbocycles. The van der Waals surface area contributed by atoms with Crippen LogP contribution in [0.4, 0.5) is 0 Å². The molecule has 0 heterocycles. The minimum absolute atomic E-state index is 0.217. The first-order valence-electron chi connectivity index (χ1n) is 7.19. The van der Waals surface area contributed by atoms with Crippen molar-refractivity contribution in [1.29, 1.82) is 0 Å². The molecule has 0 spiro atoms. The summed E-state index contributed by atoms with van der Waals surface area (Å²) in [5.74, 6) is 0. The molecule has 0 radical (unpaired) electrons. The third kappa shape index (κ3) is 3.29. The zero-order chi connectivity index (χ0) is 15.6. The predicted molar refractivity (Wildman–Crippen MR) is 59.6 cm³/mol. The minimum atomic E-state index is -2.69. The lowest BCUT2D eigenvalue weighted by Gasteiger charge is -2.15. The summed E-state index contributed by atoms with van der Waals surface area (Å²) in [5.41, 5.74) is 0.413. The van der Waals surface area contributed by atoms with Crippen LogP contribution in [0.25, 0.3) is 0 Å². The molecule has 0 aromatic heterocycles. The molecule has 0 saturated heterocycles. The van der Waals surface area contributed by atoms with Gasteiger partial charge < -0.3 is 10.4 Å². The molecule has 2 N–H and O–H groups in total. The first-order valence-corrected chi connectivity index (χ1v) is 4.57. The Morgan fingerprint density at radius 1 is 1.50 bits per heavy atom. The summed E-state index contributed by atoms with van der Waals surface area (Å²) in [4.78, 5) is 0. The first kappa shape index (κ1) is 5.50. The second-order valence-corrected chi connectivity index (χ2v) is 3.29. The third-order valence-corrected chi connectivity index (χ3v) is 2.12. The fourth-order valence-electron chi connectivity index (χ4n) is 1.08. The van der Waals surface area contributed by atoms with Gasteiger partial charge in [-0.1, -0.05) is 43.5 Å². The van der Waals surface area contributed by atoms with Crippen molar-refractivity contribution in [1.82, 2.24) is 5.32 Å². The van der Waals surface area contributed by atoms with E-state index in [9.17, 15) is 5.11 Å². The predicted octanol–water partition coefficient (Wildman–Crippen LogP) is 2.37. The molecule has 1 rings (SSSR count). The van der Waals surface area contributed by atoms with Crippen LogP contribution in [0.1, 0.15) is 33.6 Å². The fraction of sp³-hybridized carbons (Fsp3) is 0.455. The number of halogens is 1. The van der Waals surface area contributed by atoms with Gasteiger partial charge in [-0.15, -0.1) is 0 Å². The number of rotatable bonds is 4. The highest BCUT2D eigenvalue weighted by molar-refractivity contribution is 6.31. The molecule has 1 aromatic carbocycles. The summed E-state index contributed by atoms with van der Waals surface area (Å²) in [6.45, 7) is -5.60.